The molecular formula is C17H13FN2O. The van der Waals surface area contributed by atoms with E-state index in [0.29, 0.717) is 11.3 Å². The molecule has 0 aliphatic carbocycles. The number of rotatable bonds is 3. The van der Waals surface area contributed by atoms with Crippen molar-refractivity contribution in [3.8, 4) is 6.07 Å². The van der Waals surface area contributed by atoms with Gasteiger partial charge in [0.1, 0.15) is 17.5 Å². The third-order valence-corrected chi connectivity index (χ3v) is 2.80. The van der Waals surface area contributed by atoms with Gasteiger partial charge in [-0.3, -0.25) is 4.79 Å². The second-order valence-corrected chi connectivity index (χ2v) is 4.55. The van der Waals surface area contributed by atoms with E-state index in [9.17, 15) is 9.18 Å². The van der Waals surface area contributed by atoms with Gasteiger partial charge in [0.05, 0.1) is 0 Å². The molecule has 0 saturated carbocycles. The van der Waals surface area contributed by atoms with Crippen LogP contribution in [0.3, 0.4) is 0 Å². The number of benzene rings is 2. The smallest absolute Gasteiger partial charge is 0.266 e. The van der Waals surface area contributed by atoms with Gasteiger partial charge in [0.25, 0.3) is 5.91 Å². The van der Waals surface area contributed by atoms with Gasteiger partial charge >= 0.3 is 0 Å². The van der Waals surface area contributed by atoms with Gasteiger partial charge in [-0.2, -0.15) is 5.26 Å². The van der Waals surface area contributed by atoms with E-state index in [4.69, 9.17) is 5.26 Å². The van der Waals surface area contributed by atoms with E-state index in [1.165, 1.54) is 24.3 Å². The number of hydrogen-bond donors (Lipinski definition) is 1. The molecule has 0 spiro atoms. The van der Waals surface area contributed by atoms with Crippen molar-refractivity contribution in [2.45, 2.75) is 6.92 Å². The van der Waals surface area contributed by atoms with Gasteiger partial charge in [-0.25, -0.2) is 4.39 Å². The summed E-state index contributed by atoms with van der Waals surface area (Å²) < 4.78 is 13.1. The van der Waals surface area contributed by atoms with E-state index in [1.807, 2.05) is 25.1 Å². The molecule has 0 bridgehead atoms. The molecule has 2 aromatic rings. The number of nitrogens with zero attached hydrogens (tertiary/aromatic N) is 1. The first kappa shape index (κ1) is 14.5. The summed E-state index contributed by atoms with van der Waals surface area (Å²) in [4.78, 5) is 12.0. The summed E-state index contributed by atoms with van der Waals surface area (Å²) in [6.45, 7) is 1.91. The van der Waals surface area contributed by atoms with Crippen LogP contribution in [0.5, 0.6) is 0 Å². The zero-order valence-corrected chi connectivity index (χ0v) is 11.4. The molecule has 0 unspecified atom stereocenters. The molecular weight excluding hydrogens is 267 g/mol. The molecule has 21 heavy (non-hydrogen) atoms. The van der Waals surface area contributed by atoms with Gasteiger partial charge in [-0.05, 0) is 48.4 Å². The molecule has 0 saturated heterocycles. The number of anilines is 1. The number of halogens is 1. The Morgan fingerprint density at radius 3 is 2.67 bits per heavy atom. The van der Waals surface area contributed by atoms with Gasteiger partial charge in [0.2, 0.25) is 0 Å². The lowest BCUT2D eigenvalue weighted by Gasteiger charge is -2.05. The minimum Gasteiger partial charge on any atom is -0.321 e. The van der Waals surface area contributed by atoms with Crippen LogP contribution in [-0.2, 0) is 4.79 Å². The highest BCUT2D eigenvalue weighted by Crippen LogP contribution is 2.13. The Bertz CT molecular complexity index is 744. The molecule has 0 aromatic heterocycles. The van der Waals surface area contributed by atoms with E-state index in [0.717, 1.165) is 5.56 Å². The SMILES string of the molecule is Cc1cccc(NC(=O)/C(C#N)=C/c2cccc(F)c2)c1. The maximum absolute atomic E-state index is 13.1. The first-order chi connectivity index (χ1) is 10.1. The predicted octanol–water partition coefficient (Wildman–Crippen LogP) is 3.68. The van der Waals surface area contributed by atoms with Gasteiger partial charge in [0, 0.05) is 5.69 Å². The summed E-state index contributed by atoms with van der Waals surface area (Å²) in [6, 6.07) is 14.8. The van der Waals surface area contributed by atoms with Crippen molar-refractivity contribution in [2.24, 2.45) is 0 Å². The molecule has 2 aromatic carbocycles. The van der Waals surface area contributed by atoms with Crippen molar-refractivity contribution in [3.63, 3.8) is 0 Å². The van der Waals surface area contributed by atoms with Crippen LogP contribution in [0.2, 0.25) is 0 Å². The highest BCUT2D eigenvalue weighted by molar-refractivity contribution is 6.09. The molecule has 4 heteroatoms. The van der Waals surface area contributed by atoms with Crippen LogP contribution in [0.1, 0.15) is 11.1 Å². The zero-order chi connectivity index (χ0) is 15.2. The van der Waals surface area contributed by atoms with Crippen molar-refractivity contribution in [3.05, 3.63) is 71.0 Å². The average Bonchev–Trinajstić information content (AvgIpc) is 2.44. The Morgan fingerprint density at radius 2 is 2.00 bits per heavy atom. The monoisotopic (exact) mass is 280 g/mol. The lowest BCUT2D eigenvalue weighted by Crippen LogP contribution is -2.13. The first-order valence-electron chi connectivity index (χ1n) is 6.34. The van der Waals surface area contributed by atoms with Crippen LogP contribution < -0.4 is 5.32 Å². The lowest BCUT2D eigenvalue weighted by atomic mass is 10.1. The van der Waals surface area contributed by atoms with Crippen molar-refractivity contribution in [1.82, 2.24) is 0 Å². The van der Waals surface area contributed by atoms with Crippen molar-refractivity contribution < 1.29 is 9.18 Å². The number of amides is 1. The van der Waals surface area contributed by atoms with Crippen LogP contribution in [0.15, 0.2) is 54.1 Å². The number of carbonyl (C=O) groups excluding carboxylic acids is 1. The largest absolute Gasteiger partial charge is 0.321 e. The van der Waals surface area contributed by atoms with Crippen LogP contribution in [0.4, 0.5) is 10.1 Å². The van der Waals surface area contributed by atoms with Gasteiger partial charge < -0.3 is 5.32 Å². The topological polar surface area (TPSA) is 52.9 Å². The number of carbonyl (C=O) groups is 1. The summed E-state index contributed by atoms with van der Waals surface area (Å²) in [5.74, 6) is -0.938. The number of aryl methyl sites for hydroxylation is 1. The molecule has 104 valence electrons. The predicted molar refractivity (Wildman–Crippen MR) is 79.8 cm³/mol. The van der Waals surface area contributed by atoms with Crippen LogP contribution in [0, 0.1) is 24.1 Å². The van der Waals surface area contributed by atoms with Crippen LogP contribution in [0.25, 0.3) is 6.08 Å². The summed E-state index contributed by atoms with van der Waals surface area (Å²) >= 11 is 0. The van der Waals surface area contributed by atoms with Gasteiger partial charge in [-0.1, -0.05) is 24.3 Å². The average molecular weight is 280 g/mol. The Labute approximate surface area is 122 Å². The van der Waals surface area contributed by atoms with Crippen molar-refractivity contribution >= 4 is 17.7 Å². The maximum Gasteiger partial charge on any atom is 0.266 e. The molecule has 1 amide bonds. The zero-order valence-electron chi connectivity index (χ0n) is 11.4. The fourth-order valence-corrected chi connectivity index (χ4v) is 1.83. The number of nitriles is 1. The molecule has 0 aliphatic heterocycles. The highest BCUT2D eigenvalue weighted by atomic mass is 19.1. The normalized spacial score (nSPS) is 10.8. The van der Waals surface area contributed by atoms with E-state index < -0.39 is 11.7 Å². The first-order valence-corrected chi connectivity index (χ1v) is 6.34. The summed E-state index contributed by atoms with van der Waals surface area (Å²) in [5.41, 5.74) is 1.99. The van der Waals surface area contributed by atoms with E-state index >= 15 is 0 Å². The third kappa shape index (κ3) is 4.02. The molecule has 0 atom stereocenters. The van der Waals surface area contributed by atoms with Gasteiger partial charge in [-0.15, -0.1) is 0 Å². The second kappa shape index (κ2) is 6.49. The summed E-state index contributed by atoms with van der Waals surface area (Å²) in [7, 11) is 0. The fraction of sp³-hybridized carbons (Fsp3) is 0.0588. The fourth-order valence-electron chi connectivity index (χ4n) is 1.83. The molecule has 1 N–H and O–H groups in total. The maximum atomic E-state index is 13.1. The van der Waals surface area contributed by atoms with Gasteiger partial charge in [0.15, 0.2) is 0 Å². The molecule has 0 heterocycles. The standard InChI is InChI=1S/C17H13FN2O/c1-12-4-2-7-16(8-12)20-17(21)14(11-19)9-13-5-3-6-15(18)10-13/h2-10H,1H3,(H,20,21)/b14-9+. The van der Waals surface area contributed by atoms with Crippen molar-refractivity contribution in [2.75, 3.05) is 5.32 Å². The summed E-state index contributed by atoms with van der Waals surface area (Å²) in [6.07, 6.45) is 1.36. The van der Waals surface area contributed by atoms with Crippen molar-refractivity contribution in [1.29, 1.82) is 5.26 Å². The number of hydrogen-bond acceptors (Lipinski definition) is 2. The number of nitrogens with one attached hydrogen (secondary N) is 1. The Morgan fingerprint density at radius 1 is 1.24 bits per heavy atom. The van der Waals surface area contributed by atoms with E-state index in [2.05, 4.69) is 5.32 Å². The third-order valence-electron chi connectivity index (χ3n) is 2.80. The summed E-state index contributed by atoms with van der Waals surface area (Å²) in [5, 5.41) is 11.7. The Hall–Kier alpha value is -2.93. The second-order valence-electron chi connectivity index (χ2n) is 4.55. The lowest BCUT2D eigenvalue weighted by molar-refractivity contribution is -0.112. The quantitative estimate of drug-likeness (QED) is 0.688. The molecule has 0 radical (unpaired) electrons. The minimum absolute atomic E-state index is 0.0814. The van der Waals surface area contributed by atoms with Crippen LogP contribution in [-0.4, -0.2) is 5.91 Å². The minimum atomic E-state index is -0.521. The molecule has 0 aliphatic rings. The van der Waals surface area contributed by atoms with E-state index in [-0.39, 0.29) is 5.57 Å². The molecule has 3 nitrogen and oxygen atoms in total. The van der Waals surface area contributed by atoms with E-state index in [1.54, 1.807) is 18.2 Å². The van der Waals surface area contributed by atoms with Crippen LogP contribution >= 0.6 is 0 Å². The Balaban J connectivity index is 2.21. The Kier molecular flexibility index (Phi) is 4.47. The molecule has 2 rings (SSSR count). The molecule has 0 fully saturated rings. The highest BCUT2D eigenvalue weighted by Gasteiger charge is 2.09.